The van der Waals surface area contributed by atoms with Crippen LogP contribution >= 0.6 is 11.6 Å². The van der Waals surface area contributed by atoms with E-state index < -0.39 is 10.0 Å². The number of hydrogen-bond acceptors (Lipinski definition) is 3. The molecule has 7 heteroatoms. The molecule has 0 saturated heterocycles. The highest BCUT2D eigenvalue weighted by molar-refractivity contribution is 7.89. The molecule has 0 saturated carbocycles. The smallest absolute Gasteiger partial charge is 0.248 e. The number of carbonyl (C=O) groups is 1. The highest BCUT2D eigenvalue weighted by atomic mass is 35.5. The van der Waals surface area contributed by atoms with Gasteiger partial charge >= 0.3 is 0 Å². The van der Waals surface area contributed by atoms with E-state index in [9.17, 15) is 13.2 Å². The summed E-state index contributed by atoms with van der Waals surface area (Å²) in [5.41, 5.74) is 1.95. The lowest BCUT2D eigenvalue weighted by Gasteiger charge is -2.19. The fourth-order valence-electron chi connectivity index (χ4n) is 2.56. The first-order valence-electron chi connectivity index (χ1n) is 8.64. The first kappa shape index (κ1) is 21.2. The quantitative estimate of drug-likeness (QED) is 0.696. The average Bonchev–Trinajstić information content (AvgIpc) is 2.63. The summed E-state index contributed by atoms with van der Waals surface area (Å²) in [6.07, 6.45) is 2.98. The number of nitrogens with one attached hydrogen (secondary N) is 1. The maximum atomic E-state index is 12.7. The lowest BCUT2D eigenvalue weighted by molar-refractivity contribution is -0.111. The zero-order chi connectivity index (χ0) is 20.0. The second-order valence-corrected chi connectivity index (χ2v) is 8.26. The summed E-state index contributed by atoms with van der Waals surface area (Å²) in [6.45, 7) is 6.15. The van der Waals surface area contributed by atoms with Crippen LogP contribution in [0.4, 0.5) is 5.69 Å². The number of anilines is 1. The number of sulfonamides is 1. The van der Waals surface area contributed by atoms with Gasteiger partial charge in [0.25, 0.3) is 0 Å². The van der Waals surface area contributed by atoms with Crippen molar-refractivity contribution in [2.45, 2.75) is 25.7 Å². The average molecular weight is 407 g/mol. The monoisotopic (exact) mass is 406 g/mol. The molecule has 0 radical (unpaired) electrons. The van der Waals surface area contributed by atoms with Gasteiger partial charge < -0.3 is 5.32 Å². The highest BCUT2D eigenvalue weighted by Crippen LogP contribution is 2.23. The van der Waals surface area contributed by atoms with Crippen LogP contribution in [-0.4, -0.2) is 31.7 Å². The van der Waals surface area contributed by atoms with Crippen molar-refractivity contribution in [3.63, 3.8) is 0 Å². The lowest BCUT2D eigenvalue weighted by Crippen LogP contribution is -2.30. The Balaban J connectivity index is 2.24. The molecule has 0 spiro atoms. The molecule has 0 heterocycles. The maximum absolute atomic E-state index is 12.7. The molecule has 2 rings (SSSR count). The predicted octanol–water partition coefficient (Wildman–Crippen LogP) is 4.33. The second kappa shape index (κ2) is 9.17. The van der Waals surface area contributed by atoms with Gasteiger partial charge in [0.2, 0.25) is 15.9 Å². The van der Waals surface area contributed by atoms with Crippen LogP contribution < -0.4 is 5.32 Å². The van der Waals surface area contributed by atoms with Crippen LogP contribution in [0.5, 0.6) is 0 Å². The maximum Gasteiger partial charge on any atom is 0.248 e. The number of halogens is 1. The first-order valence-corrected chi connectivity index (χ1v) is 10.5. The number of carbonyl (C=O) groups excluding carboxylic acids is 1. The van der Waals surface area contributed by atoms with Crippen molar-refractivity contribution < 1.29 is 13.2 Å². The molecule has 0 aliphatic rings. The molecule has 0 bridgehead atoms. The van der Waals surface area contributed by atoms with E-state index in [1.165, 1.54) is 16.4 Å². The standard InChI is InChI=1S/C20H23ClN2O3S/c1-4-23(5-2)27(25,26)17-12-10-15(3)19(14-17)22-20(24)13-11-16-8-6-7-9-18(16)21/h6-14H,4-5H2,1-3H3,(H,22,24)/b13-11+. The fourth-order valence-corrected chi connectivity index (χ4v) is 4.24. The van der Waals surface area contributed by atoms with Gasteiger partial charge in [0.1, 0.15) is 0 Å². The zero-order valence-corrected chi connectivity index (χ0v) is 17.1. The van der Waals surface area contributed by atoms with Gasteiger partial charge in [0.15, 0.2) is 0 Å². The zero-order valence-electron chi connectivity index (χ0n) is 15.6. The highest BCUT2D eigenvalue weighted by Gasteiger charge is 2.22. The summed E-state index contributed by atoms with van der Waals surface area (Å²) < 4.78 is 26.7. The van der Waals surface area contributed by atoms with Gasteiger partial charge in [-0.3, -0.25) is 4.79 Å². The molecular formula is C20H23ClN2O3S. The normalized spacial score (nSPS) is 11.9. The Hall–Kier alpha value is -2.15. The molecule has 2 aromatic carbocycles. The third-order valence-corrected chi connectivity index (χ3v) is 6.52. The minimum absolute atomic E-state index is 0.155. The predicted molar refractivity (Wildman–Crippen MR) is 110 cm³/mol. The third kappa shape index (κ3) is 5.19. The molecule has 0 aliphatic heterocycles. The molecule has 144 valence electrons. The van der Waals surface area contributed by atoms with Gasteiger partial charge in [-0.2, -0.15) is 4.31 Å². The van der Waals surface area contributed by atoms with Gasteiger partial charge in [-0.1, -0.05) is 49.7 Å². The van der Waals surface area contributed by atoms with Crippen molar-refractivity contribution in [2.24, 2.45) is 0 Å². The molecule has 0 aliphatic carbocycles. The van der Waals surface area contributed by atoms with Gasteiger partial charge in [-0.15, -0.1) is 0 Å². The van der Waals surface area contributed by atoms with Crippen LogP contribution in [0.25, 0.3) is 6.08 Å². The number of hydrogen-bond donors (Lipinski definition) is 1. The molecular weight excluding hydrogens is 384 g/mol. The Morgan fingerprint density at radius 1 is 1.15 bits per heavy atom. The lowest BCUT2D eigenvalue weighted by atomic mass is 10.2. The van der Waals surface area contributed by atoms with Crippen LogP contribution in [0.2, 0.25) is 5.02 Å². The minimum atomic E-state index is -3.59. The van der Waals surface area contributed by atoms with Crippen molar-refractivity contribution in [3.05, 3.63) is 64.7 Å². The largest absolute Gasteiger partial charge is 0.322 e. The second-order valence-electron chi connectivity index (χ2n) is 5.91. The van der Waals surface area contributed by atoms with Crippen molar-refractivity contribution >= 4 is 39.3 Å². The fraction of sp³-hybridized carbons (Fsp3) is 0.250. The molecule has 5 nitrogen and oxygen atoms in total. The van der Waals surface area contributed by atoms with E-state index >= 15 is 0 Å². The van der Waals surface area contributed by atoms with Crippen molar-refractivity contribution in [2.75, 3.05) is 18.4 Å². The summed E-state index contributed by atoms with van der Waals surface area (Å²) in [4.78, 5) is 12.4. The Bertz CT molecular complexity index is 951. The number of rotatable bonds is 7. The van der Waals surface area contributed by atoms with Crippen LogP contribution in [-0.2, 0) is 14.8 Å². The van der Waals surface area contributed by atoms with Crippen LogP contribution in [0, 0.1) is 6.92 Å². The number of amides is 1. The van der Waals surface area contributed by atoms with E-state index in [2.05, 4.69) is 5.32 Å². The Morgan fingerprint density at radius 2 is 1.81 bits per heavy atom. The molecule has 2 aromatic rings. The van der Waals surface area contributed by atoms with E-state index in [4.69, 9.17) is 11.6 Å². The summed E-state index contributed by atoms with van der Waals surface area (Å²) in [6, 6.07) is 11.9. The van der Waals surface area contributed by atoms with Gasteiger partial charge in [0.05, 0.1) is 4.90 Å². The van der Waals surface area contributed by atoms with Crippen LogP contribution in [0.15, 0.2) is 53.4 Å². The first-order chi connectivity index (χ1) is 12.8. The van der Waals surface area contributed by atoms with E-state index in [-0.39, 0.29) is 10.8 Å². The summed E-state index contributed by atoms with van der Waals surface area (Å²) in [5, 5.41) is 3.28. The van der Waals surface area contributed by atoms with Crippen LogP contribution in [0.1, 0.15) is 25.0 Å². The third-order valence-electron chi connectivity index (χ3n) is 4.13. The minimum Gasteiger partial charge on any atom is -0.322 e. The van der Waals surface area contributed by atoms with Gasteiger partial charge in [-0.25, -0.2) is 8.42 Å². The summed E-state index contributed by atoms with van der Waals surface area (Å²) in [5.74, 6) is -0.365. The van der Waals surface area contributed by atoms with E-state index in [0.717, 1.165) is 11.1 Å². The Morgan fingerprint density at radius 3 is 2.44 bits per heavy atom. The summed E-state index contributed by atoms with van der Waals surface area (Å²) >= 11 is 6.07. The number of nitrogens with zero attached hydrogens (tertiary/aromatic N) is 1. The molecule has 27 heavy (non-hydrogen) atoms. The van der Waals surface area contributed by atoms with Crippen molar-refractivity contribution in [1.29, 1.82) is 0 Å². The molecule has 0 fully saturated rings. The Labute approximate surface area is 165 Å². The van der Waals surface area contributed by atoms with E-state index in [1.54, 1.807) is 51.1 Å². The van der Waals surface area contributed by atoms with Crippen molar-refractivity contribution in [3.8, 4) is 0 Å². The van der Waals surface area contributed by atoms with Crippen molar-refractivity contribution in [1.82, 2.24) is 4.31 Å². The molecule has 1 amide bonds. The topological polar surface area (TPSA) is 66.5 Å². The van der Waals surface area contributed by atoms with E-state index in [1.807, 2.05) is 12.1 Å². The Kier molecular flexibility index (Phi) is 7.18. The SMILES string of the molecule is CCN(CC)S(=O)(=O)c1ccc(C)c(NC(=O)/C=C/c2ccccc2Cl)c1. The molecule has 0 atom stereocenters. The molecule has 0 unspecified atom stereocenters. The number of aryl methyl sites for hydroxylation is 1. The summed E-state index contributed by atoms with van der Waals surface area (Å²) in [7, 11) is -3.59. The van der Waals surface area contributed by atoms with E-state index in [0.29, 0.717) is 23.8 Å². The van der Waals surface area contributed by atoms with Crippen LogP contribution in [0.3, 0.4) is 0 Å². The number of benzene rings is 2. The van der Waals surface area contributed by atoms with Gasteiger partial charge in [-0.05, 0) is 42.3 Å². The molecule has 1 N–H and O–H groups in total. The van der Waals surface area contributed by atoms with Gasteiger partial charge in [0, 0.05) is 29.9 Å². The molecule has 0 aromatic heterocycles.